The van der Waals surface area contributed by atoms with Gasteiger partial charge in [0, 0.05) is 37.8 Å². The van der Waals surface area contributed by atoms with Crippen LogP contribution in [-0.4, -0.2) is 67.2 Å². The molecule has 1 aromatic rings. The van der Waals surface area contributed by atoms with Crippen LogP contribution in [0.15, 0.2) is 18.2 Å². The average molecular weight is 373 g/mol. The molecule has 3 rings (SSSR count). The Labute approximate surface area is 162 Å². The van der Waals surface area contributed by atoms with Crippen LogP contribution in [0.25, 0.3) is 0 Å². The Balaban J connectivity index is 1.52. The summed E-state index contributed by atoms with van der Waals surface area (Å²) in [6.45, 7) is 11.6. The summed E-state index contributed by atoms with van der Waals surface area (Å²) in [5.41, 5.74) is 3.03. The van der Waals surface area contributed by atoms with Gasteiger partial charge in [0.2, 0.25) is 5.90 Å². The number of nitrogens with zero attached hydrogens (tertiary/aromatic N) is 2. The third-order valence-corrected chi connectivity index (χ3v) is 5.67. The summed E-state index contributed by atoms with van der Waals surface area (Å²) in [6, 6.07) is 6.75. The molecule has 0 atom stereocenters. The first-order valence-electron chi connectivity index (χ1n) is 9.98. The number of hydrogen-bond acceptors (Lipinski definition) is 5. The molecule has 2 saturated heterocycles. The number of hydrogen-bond donors (Lipinski definition) is 2. The van der Waals surface area contributed by atoms with Gasteiger partial charge in [-0.3, -0.25) is 15.7 Å². The molecule has 2 aliphatic heterocycles. The van der Waals surface area contributed by atoms with Crippen molar-refractivity contribution in [2.45, 2.75) is 45.6 Å². The fourth-order valence-corrected chi connectivity index (χ4v) is 3.89. The Morgan fingerprint density at radius 3 is 2.37 bits per heavy atom. The number of nitrogens with one attached hydrogen (secondary N) is 2. The zero-order valence-corrected chi connectivity index (χ0v) is 16.8. The van der Waals surface area contributed by atoms with Crippen molar-refractivity contribution in [3.63, 3.8) is 0 Å². The van der Waals surface area contributed by atoms with Gasteiger partial charge in [0.15, 0.2) is 0 Å². The van der Waals surface area contributed by atoms with E-state index in [0.29, 0.717) is 12.0 Å². The Morgan fingerprint density at radius 1 is 1.11 bits per heavy atom. The van der Waals surface area contributed by atoms with E-state index in [1.807, 2.05) is 24.0 Å². The smallest absolute Gasteiger partial charge is 0.291 e. The van der Waals surface area contributed by atoms with E-state index in [1.54, 1.807) is 0 Å². The maximum Gasteiger partial charge on any atom is 0.291 e. The van der Waals surface area contributed by atoms with Gasteiger partial charge in [-0.1, -0.05) is 26.0 Å². The van der Waals surface area contributed by atoms with Crippen molar-refractivity contribution >= 4 is 11.9 Å². The standard InChI is InChI=1S/C21H32N4O2/c1-15(2)17-4-5-19(16(3)14-17)20(22)27-21(23)25-8-6-18(7-9-25)24-10-12-26-13-11-24/h4-5,14-15,18,22-23H,6-13H2,1-3H3. The molecule has 0 aromatic heterocycles. The van der Waals surface area contributed by atoms with Crippen molar-refractivity contribution in [2.24, 2.45) is 0 Å². The first-order chi connectivity index (χ1) is 13.0. The van der Waals surface area contributed by atoms with Gasteiger partial charge in [-0.2, -0.15) is 0 Å². The molecule has 2 N–H and O–H groups in total. The number of rotatable bonds is 3. The molecule has 2 heterocycles. The van der Waals surface area contributed by atoms with Crippen molar-refractivity contribution < 1.29 is 9.47 Å². The van der Waals surface area contributed by atoms with E-state index in [4.69, 9.17) is 20.3 Å². The van der Waals surface area contributed by atoms with Gasteiger partial charge in [-0.05, 0) is 42.9 Å². The summed E-state index contributed by atoms with van der Waals surface area (Å²) in [7, 11) is 0. The van der Waals surface area contributed by atoms with Crippen LogP contribution in [0.1, 0.15) is 49.3 Å². The van der Waals surface area contributed by atoms with Crippen LogP contribution in [0.2, 0.25) is 0 Å². The second-order valence-corrected chi connectivity index (χ2v) is 7.83. The molecule has 0 spiro atoms. The number of morpholine rings is 1. The minimum absolute atomic E-state index is 0.0584. The lowest BCUT2D eigenvalue weighted by molar-refractivity contribution is 0.00452. The van der Waals surface area contributed by atoms with Gasteiger partial charge in [0.05, 0.1) is 13.2 Å². The zero-order chi connectivity index (χ0) is 19.4. The number of benzene rings is 1. The van der Waals surface area contributed by atoms with E-state index < -0.39 is 0 Å². The Hall–Kier alpha value is -1.92. The highest BCUT2D eigenvalue weighted by atomic mass is 16.5. The number of likely N-dealkylation sites (tertiary alicyclic amines) is 1. The van der Waals surface area contributed by atoms with Gasteiger partial charge in [-0.15, -0.1) is 0 Å². The Bertz CT molecular complexity index is 675. The van der Waals surface area contributed by atoms with Crippen LogP contribution in [-0.2, 0) is 9.47 Å². The minimum atomic E-state index is 0.0584. The second-order valence-electron chi connectivity index (χ2n) is 7.83. The third kappa shape index (κ3) is 4.87. The predicted molar refractivity (Wildman–Crippen MR) is 108 cm³/mol. The number of piperidine rings is 1. The normalized spacial score (nSPS) is 19.3. The molecule has 0 unspecified atom stereocenters. The monoisotopic (exact) mass is 372 g/mol. The summed E-state index contributed by atoms with van der Waals surface area (Å²) in [4.78, 5) is 4.45. The van der Waals surface area contributed by atoms with E-state index in [0.717, 1.165) is 63.4 Å². The van der Waals surface area contributed by atoms with E-state index in [9.17, 15) is 0 Å². The highest BCUT2D eigenvalue weighted by Gasteiger charge is 2.27. The van der Waals surface area contributed by atoms with E-state index in [1.165, 1.54) is 5.56 Å². The first kappa shape index (κ1) is 19.8. The van der Waals surface area contributed by atoms with Crippen LogP contribution in [0.4, 0.5) is 0 Å². The lowest BCUT2D eigenvalue weighted by atomic mass is 9.98. The van der Waals surface area contributed by atoms with Crippen molar-refractivity contribution in [1.82, 2.24) is 9.80 Å². The van der Waals surface area contributed by atoms with Crippen LogP contribution < -0.4 is 0 Å². The topological polar surface area (TPSA) is 72.6 Å². The molecule has 0 radical (unpaired) electrons. The lowest BCUT2D eigenvalue weighted by Crippen LogP contribution is -2.50. The first-order valence-corrected chi connectivity index (χ1v) is 9.98. The molecular formula is C21H32N4O2. The van der Waals surface area contributed by atoms with E-state index in [2.05, 4.69) is 24.8 Å². The number of aryl methyl sites for hydroxylation is 1. The van der Waals surface area contributed by atoms with Gasteiger partial charge >= 0.3 is 0 Å². The molecule has 27 heavy (non-hydrogen) atoms. The van der Waals surface area contributed by atoms with Crippen LogP contribution in [0.5, 0.6) is 0 Å². The molecular weight excluding hydrogens is 340 g/mol. The highest BCUT2D eigenvalue weighted by Crippen LogP contribution is 2.21. The molecule has 0 saturated carbocycles. The molecule has 6 nitrogen and oxygen atoms in total. The van der Waals surface area contributed by atoms with Crippen molar-refractivity contribution in [3.8, 4) is 0 Å². The lowest BCUT2D eigenvalue weighted by Gasteiger charge is -2.40. The highest BCUT2D eigenvalue weighted by molar-refractivity contribution is 5.99. The Morgan fingerprint density at radius 2 is 1.78 bits per heavy atom. The molecule has 6 heteroatoms. The van der Waals surface area contributed by atoms with E-state index >= 15 is 0 Å². The maximum absolute atomic E-state index is 8.29. The number of ether oxygens (including phenoxy) is 2. The van der Waals surface area contributed by atoms with Crippen LogP contribution in [0.3, 0.4) is 0 Å². The summed E-state index contributed by atoms with van der Waals surface area (Å²) >= 11 is 0. The van der Waals surface area contributed by atoms with Crippen LogP contribution in [0, 0.1) is 17.7 Å². The van der Waals surface area contributed by atoms with Crippen LogP contribution >= 0.6 is 0 Å². The van der Waals surface area contributed by atoms with Gasteiger partial charge in [0.1, 0.15) is 0 Å². The fraction of sp³-hybridized carbons (Fsp3) is 0.619. The molecule has 1 aromatic carbocycles. The fourth-order valence-electron chi connectivity index (χ4n) is 3.89. The number of amidine groups is 1. The van der Waals surface area contributed by atoms with E-state index in [-0.39, 0.29) is 11.9 Å². The van der Waals surface area contributed by atoms with Gasteiger partial charge < -0.3 is 14.4 Å². The summed E-state index contributed by atoms with van der Waals surface area (Å²) in [5, 5.41) is 16.6. The SMILES string of the molecule is Cc1cc(C(C)C)ccc1C(=N)OC(=N)N1CCC(N2CCOCC2)CC1. The second kappa shape index (κ2) is 8.85. The molecule has 0 aliphatic carbocycles. The van der Waals surface area contributed by atoms with Gasteiger partial charge in [0.25, 0.3) is 6.02 Å². The largest absolute Gasteiger partial charge is 0.407 e. The molecule has 0 amide bonds. The maximum atomic E-state index is 8.29. The average Bonchev–Trinajstić information content (AvgIpc) is 2.68. The zero-order valence-electron chi connectivity index (χ0n) is 16.8. The predicted octanol–water partition coefficient (Wildman–Crippen LogP) is 3.19. The van der Waals surface area contributed by atoms with Crippen molar-refractivity contribution in [3.05, 3.63) is 34.9 Å². The van der Waals surface area contributed by atoms with Crippen molar-refractivity contribution in [1.29, 1.82) is 10.8 Å². The van der Waals surface area contributed by atoms with Gasteiger partial charge in [-0.25, -0.2) is 0 Å². The molecule has 0 bridgehead atoms. The summed E-state index contributed by atoms with van der Waals surface area (Å²) in [6.07, 6.45) is 2.06. The quantitative estimate of drug-likeness (QED) is 0.631. The summed E-state index contributed by atoms with van der Waals surface area (Å²) < 4.78 is 11.0. The molecule has 148 valence electrons. The van der Waals surface area contributed by atoms with Crippen molar-refractivity contribution in [2.75, 3.05) is 39.4 Å². The Kier molecular flexibility index (Phi) is 6.50. The summed E-state index contributed by atoms with van der Waals surface area (Å²) in [5.74, 6) is 0.516. The minimum Gasteiger partial charge on any atom is -0.407 e. The molecule has 2 fully saturated rings. The molecule has 2 aliphatic rings. The third-order valence-electron chi connectivity index (χ3n) is 5.67.